The molecule has 0 saturated carbocycles. The second kappa shape index (κ2) is 7.65. The third-order valence-electron chi connectivity index (χ3n) is 2.98. The van der Waals surface area contributed by atoms with Gasteiger partial charge in [-0.2, -0.15) is 8.42 Å². The Hall–Kier alpha value is -2.10. The lowest BCUT2D eigenvalue weighted by molar-refractivity contribution is 0.0597. The predicted molar refractivity (Wildman–Crippen MR) is 90.3 cm³/mol. The Morgan fingerprint density at radius 1 is 1.25 bits per heavy atom. The van der Waals surface area contributed by atoms with E-state index in [-0.39, 0.29) is 22.9 Å². The van der Waals surface area contributed by atoms with Gasteiger partial charge >= 0.3 is 5.97 Å². The number of hydrogen-bond donors (Lipinski definition) is 2. The van der Waals surface area contributed by atoms with Crippen LogP contribution in [0.1, 0.15) is 10.4 Å². The zero-order valence-corrected chi connectivity index (χ0v) is 14.9. The largest absolute Gasteiger partial charge is 0.507 e. The number of rotatable bonds is 6. The number of benzene rings is 2. The number of nitrogens with one attached hydrogen (secondary N) is 1. The number of phenolic OH excluding ortho intramolecular Hbond substituents is 1. The van der Waals surface area contributed by atoms with Crippen LogP contribution in [0.15, 0.2) is 51.8 Å². The van der Waals surface area contributed by atoms with Gasteiger partial charge in [-0.25, -0.2) is 8.98 Å². The maximum atomic E-state index is 12.0. The monoisotopic (exact) mass is 415 g/mol. The third-order valence-corrected chi connectivity index (χ3v) is 4.73. The van der Waals surface area contributed by atoms with Crippen LogP contribution in [0.4, 0.5) is 5.69 Å². The number of phenols is 1. The molecule has 0 aromatic heterocycles. The molecule has 128 valence electrons. The van der Waals surface area contributed by atoms with Crippen molar-refractivity contribution in [2.75, 3.05) is 19.2 Å². The summed E-state index contributed by atoms with van der Waals surface area (Å²) in [5, 5.41) is 12.4. The summed E-state index contributed by atoms with van der Waals surface area (Å²) in [5.41, 5.74) is 0.385. The smallest absolute Gasteiger partial charge is 0.341 e. The molecule has 9 heteroatoms. The highest BCUT2D eigenvalue weighted by molar-refractivity contribution is 9.10. The first kappa shape index (κ1) is 18.2. The van der Waals surface area contributed by atoms with E-state index in [4.69, 9.17) is 4.18 Å². The highest BCUT2D eigenvalue weighted by Crippen LogP contribution is 2.23. The minimum Gasteiger partial charge on any atom is -0.507 e. The topological polar surface area (TPSA) is 102 Å². The molecular weight excluding hydrogens is 402 g/mol. The Kier molecular flexibility index (Phi) is 5.81. The van der Waals surface area contributed by atoms with Crippen molar-refractivity contribution < 1.29 is 27.2 Å². The van der Waals surface area contributed by atoms with Gasteiger partial charge in [-0.15, -0.1) is 0 Å². The summed E-state index contributed by atoms with van der Waals surface area (Å²) >= 11 is 3.19. The van der Waals surface area contributed by atoms with Crippen LogP contribution in [-0.4, -0.2) is 33.3 Å². The molecule has 0 radical (unpaired) electrons. The molecule has 2 rings (SSSR count). The molecule has 0 saturated heterocycles. The standard InChI is InChI=1S/C15H14BrNO6S/c1-22-15(19)13-6-5-11(8-14(13)18)17-9-23-24(20,21)12-4-2-3-10(16)7-12/h2-8,17-18H,9H2,1H3. The van der Waals surface area contributed by atoms with Gasteiger partial charge < -0.3 is 15.2 Å². The van der Waals surface area contributed by atoms with Crippen LogP contribution in [-0.2, 0) is 19.0 Å². The number of halogens is 1. The molecule has 0 bridgehead atoms. The number of anilines is 1. The highest BCUT2D eigenvalue weighted by atomic mass is 79.9. The molecule has 7 nitrogen and oxygen atoms in total. The van der Waals surface area contributed by atoms with Gasteiger partial charge in [0.2, 0.25) is 0 Å². The van der Waals surface area contributed by atoms with Crippen LogP contribution in [0.3, 0.4) is 0 Å². The highest BCUT2D eigenvalue weighted by Gasteiger charge is 2.16. The van der Waals surface area contributed by atoms with E-state index in [1.54, 1.807) is 12.1 Å². The van der Waals surface area contributed by atoms with Gasteiger partial charge in [0.25, 0.3) is 10.1 Å². The molecule has 24 heavy (non-hydrogen) atoms. The van der Waals surface area contributed by atoms with E-state index in [1.165, 1.54) is 37.4 Å². The van der Waals surface area contributed by atoms with Crippen molar-refractivity contribution in [3.8, 4) is 5.75 Å². The zero-order valence-electron chi connectivity index (χ0n) is 12.5. The minimum absolute atomic E-state index is 0.00530. The molecule has 0 aliphatic heterocycles. The van der Waals surface area contributed by atoms with Crippen LogP contribution < -0.4 is 5.32 Å². The van der Waals surface area contributed by atoms with E-state index in [0.29, 0.717) is 10.2 Å². The molecular formula is C15H14BrNO6S. The number of carbonyl (C=O) groups is 1. The van der Waals surface area contributed by atoms with Gasteiger partial charge in [0.15, 0.2) is 0 Å². The number of esters is 1. The second-order valence-corrected chi connectivity index (χ2v) is 7.11. The van der Waals surface area contributed by atoms with Crippen molar-refractivity contribution in [3.05, 3.63) is 52.5 Å². The molecule has 0 unspecified atom stereocenters. The summed E-state index contributed by atoms with van der Waals surface area (Å²) in [7, 11) is -2.71. The predicted octanol–water partition coefficient (Wildman–Crippen LogP) is 2.72. The maximum absolute atomic E-state index is 12.0. The fraction of sp³-hybridized carbons (Fsp3) is 0.133. The van der Waals surface area contributed by atoms with E-state index < -0.39 is 16.1 Å². The lowest BCUT2D eigenvalue weighted by Gasteiger charge is -2.10. The second-order valence-electron chi connectivity index (χ2n) is 4.57. The first-order chi connectivity index (χ1) is 11.3. The molecule has 0 aliphatic carbocycles. The minimum atomic E-state index is -3.92. The number of hydrogen-bond acceptors (Lipinski definition) is 7. The number of aromatic hydroxyl groups is 1. The number of carbonyl (C=O) groups excluding carboxylic acids is 1. The molecule has 0 fully saturated rings. The van der Waals surface area contributed by atoms with Crippen molar-refractivity contribution in [2.45, 2.75) is 4.90 Å². The summed E-state index contributed by atoms with van der Waals surface area (Å²) in [5.74, 6) is -0.964. The lowest BCUT2D eigenvalue weighted by Crippen LogP contribution is -2.13. The Labute approximate surface area is 147 Å². The molecule has 0 heterocycles. The summed E-state index contributed by atoms with van der Waals surface area (Å²) in [6.07, 6.45) is 0. The SMILES string of the molecule is COC(=O)c1ccc(NCOS(=O)(=O)c2cccc(Br)c2)cc1O. The summed E-state index contributed by atoms with van der Waals surface area (Å²) in [6, 6.07) is 10.2. The van der Waals surface area contributed by atoms with Crippen LogP contribution in [0.2, 0.25) is 0 Å². The van der Waals surface area contributed by atoms with Gasteiger partial charge in [-0.05, 0) is 30.3 Å². The van der Waals surface area contributed by atoms with Crippen molar-refractivity contribution >= 4 is 37.7 Å². The van der Waals surface area contributed by atoms with E-state index in [2.05, 4.69) is 26.0 Å². The lowest BCUT2D eigenvalue weighted by atomic mass is 10.2. The molecule has 0 spiro atoms. The first-order valence-electron chi connectivity index (χ1n) is 6.63. The van der Waals surface area contributed by atoms with E-state index in [0.717, 1.165) is 0 Å². The quantitative estimate of drug-likeness (QED) is 0.424. The Morgan fingerprint density at radius 3 is 2.62 bits per heavy atom. The maximum Gasteiger partial charge on any atom is 0.341 e. The van der Waals surface area contributed by atoms with Gasteiger partial charge in [0.05, 0.1) is 12.0 Å². The van der Waals surface area contributed by atoms with Crippen LogP contribution in [0.25, 0.3) is 0 Å². The van der Waals surface area contributed by atoms with Gasteiger partial charge in [-0.1, -0.05) is 22.0 Å². The fourth-order valence-corrected chi connectivity index (χ4v) is 3.22. The molecule has 2 N–H and O–H groups in total. The number of ether oxygens (including phenoxy) is 1. The summed E-state index contributed by atoms with van der Waals surface area (Å²) in [4.78, 5) is 11.4. The molecule has 0 aliphatic rings. The molecule has 2 aromatic rings. The summed E-state index contributed by atoms with van der Waals surface area (Å²) in [6.45, 7) is -0.341. The Balaban J connectivity index is 2.01. The van der Waals surface area contributed by atoms with Crippen molar-refractivity contribution in [1.29, 1.82) is 0 Å². The van der Waals surface area contributed by atoms with Gasteiger partial charge in [0, 0.05) is 16.2 Å². The normalized spacial score (nSPS) is 11.1. The zero-order chi connectivity index (χ0) is 17.7. The Bertz CT molecular complexity index is 853. The van der Waals surface area contributed by atoms with Gasteiger partial charge in [0.1, 0.15) is 18.0 Å². The summed E-state index contributed by atoms with van der Waals surface area (Å²) < 4.78 is 34.1. The van der Waals surface area contributed by atoms with E-state index >= 15 is 0 Å². The van der Waals surface area contributed by atoms with Crippen LogP contribution in [0, 0.1) is 0 Å². The van der Waals surface area contributed by atoms with Crippen LogP contribution in [0.5, 0.6) is 5.75 Å². The molecule has 2 aromatic carbocycles. The van der Waals surface area contributed by atoms with E-state index in [9.17, 15) is 18.3 Å². The van der Waals surface area contributed by atoms with Gasteiger partial charge in [-0.3, -0.25) is 0 Å². The average Bonchev–Trinajstić information content (AvgIpc) is 2.54. The van der Waals surface area contributed by atoms with Crippen molar-refractivity contribution in [3.63, 3.8) is 0 Å². The van der Waals surface area contributed by atoms with Crippen molar-refractivity contribution in [2.24, 2.45) is 0 Å². The first-order valence-corrected chi connectivity index (χ1v) is 8.84. The van der Waals surface area contributed by atoms with Crippen molar-refractivity contribution in [1.82, 2.24) is 0 Å². The van der Waals surface area contributed by atoms with Crippen LogP contribution >= 0.6 is 15.9 Å². The fourth-order valence-electron chi connectivity index (χ4n) is 1.81. The van der Waals surface area contributed by atoms with E-state index in [1.807, 2.05) is 0 Å². The third kappa shape index (κ3) is 4.47. The molecule has 0 atom stereocenters. The number of methoxy groups -OCH3 is 1. The Morgan fingerprint density at radius 2 is 2.00 bits per heavy atom. The molecule has 0 amide bonds. The average molecular weight is 416 g/mol.